The highest BCUT2D eigenvalue weighted by atomic mass is 16.6. The minimum absolute atomic E-state index is 0.00268. The highest BCUT2D eigenvalue weighted by Gasteiger charge is 2.25. The topological polar surface area (TPSA) is 85.1 Å². The number of aliphatic hydroxyl groups is 1. The predicted octanol–water partition coefficient (Wildman–Crippen LogP) is 2.04. The van der Waals surface area contributed by atoms with E-state index in [9.17, 15) is 15.2 Å². The molecule has 0 aliphatic carbocycles. The molecule has 0 spiro atoms. The fourth-order valence-corrected chi connectivity index (χ4v) is 2.62. The molecule has 7 nitrogen and oxygen atoms in total. The molecule has 1 N–H and O–H groups in total. The maximum Gasteiger partial charge on any atom is 0.309 e. The second-order valence-electron chi connectivity index (χ2n) is 5.30. The zero-order valence-electron chi connectivity index (χ0n) is 13.2. The average Bonchev–Trinajstić information content (AvgIpc) is 2.93. The van der Waals surface area contributed by atoms with Gasteiger partial charge >= 0.3 is 5.82 Å². The van der Waals surface area contributed by atoms with Gasteiger partial charge in [0.15, 0.2) is 0 Å². The van der Waals surface area contributed by atoms with Crippen LogP contribution in [-0.4, -0.2) is 26.4 Å². The molecule has 122 valence electrons. The van der Waals surface area contributed by atoms with Gasteiger partial charge in [-0.3, -0.25) is 10.1 Å². The lowest BCUT2D eigenvalue weighted by atomic mass is 10.2. The number of benzene rings is 2. The number of aromatic nitrogens is 3. The number of hydrogen-bond donors (Lipinski definition) is 1. The molecule has 2 aromatic carbocycles. The van der Waals surface area contributed by atoms with Crippen LogP contribution in [0.2, 0.25) is 0 Å². The van der Waals surface area contributed by atoms with Gasteiger partial charge < -0.3 is 5.11 Å². The first kappa shape index (κ1) is 15.8. The van der Waals surface area contributed by atoms with Crippen LogP contribution in [0, 0.1) is 17.0 Å². The summed E-state index contributed by atoms with van der Waals surface area (Å²) < 4.78 is 3.65. The molecule has 0 saturated carbocycles. The summed E-state index contributed by atoms with van der Waals surface area (Å²) in [5.74, 6) is 1.57. The highest BCUT2D eigenvalue weighted by molar-refractivity contribution is 5.52. The first-order chi connectivity index (χ1) is 11.6. The number of hydrogen-bond acceptors (Lipinski definition) is 4. The van der Waals surface area contributed by atoms with Crippen molar-refractivity contribution < 1.29 is 14.6 Å². The van der Waals surface area contributed by atoms with Gasteiger partial charge in [-0.2, -0.15) is 0 Å². The van der Waals surface area contributed by atoms with E-state index >= 15 is 0 Å². The predicted molar refractivity (Wildman–Crippen MR) is 87.7 cm³/mol. The Bertz CT molecular complexity index is 858. The molecule has 1 heterocycles. The van der Waals surface area contributed by atoms with E-state index in [2.05, 4.69) is 5.10 Å². The molecule has 0 fully saturated rings. The van der Waals surface area contributed by atoms with Gasteiger partial charge in [0.1, 0.15) is 5.69 Å². The average molecular weight is 325 g/mol. The summed E-state index contributed by atoms with van der Waals surface area (Å²) in [6.07, 6.45) is 0. The van der Waals surface area contributed by atoms with E-state index in [0.717, 1.165) is 22.9 Å². The van der Waals surface area contributed by atoms with Crippen molar-refractivity contribution in [1.82, 2.24) is 9.78 Å². The molecular weight excluding hydrogens is 308 g/mol. The number of aliphatic hydroxyl groups excluding tert-OH is 1. The van der Waals surface area contributed by atoms with Crippen LogP contribution in [0.25, 0.3) is 17.1 Å². The van der Waals surface area contributed by atoms with Gasteiger partial charge in [0.05, 0.1) is 28.7 Å². The first-order valence-corrected chi connectivity index (χ1v) is 7.52. The summed E-state index contributed by atoms with van der Waals surface area (Å²) in [5.41, 5.74) is 1.71. The third-order valence-electron chi connectivity index (χ3n) is 3.81. The number of rotatable bonds is 5. The van der Waals surface area contributed by atoms with Gasteiger partial charge in [-0.1, -0.05) is 22.9 Å². The minimum Gasteiger partial charge on any atom is -0.393 e. The molecule has 0 atom stereocenters. The van der Waals surface area contributed by atoms with E-state index in [1.807, 2.05) is 41.8 Å². The van der Waals surface area contributed by atoms with Crippen molar-refractivity contribution in [3.8, 4) is 17.1 Å². The molecule has 0 radical (unpaired) electrons. The summed E-state index contributed by atoms with van der Waals surface area (Å²) in [5, 5.41) is 24.8. The van der Waals surface area contributed by atoms with Gasteiger partial charge in [-0.15, -0.1) is 0 Å². The van der Waals surface area contributed by atoms with E-state index in [-0.39, 0.29) is 12.3 Å². The molecule has 0 saturated heterocycles. The molecule has 3 aromatic rings. The van der Waals surface area contributed by atoms with Gasteiger partial charge in [0.25, 0.3) is 5.69 Å². The molecule has 0 amide bonds. The van der Waals surface area contributed by atoms with Gasteiger partial charge in [-0.25, -0.2) is 4.57 Å². The van der Waals surface area contributed by atoms with Crippen molar-refractivity contribution in [2.24, 2.45) is 0 Å². The largest absolute Gasteiger partial charge is 0.393 e. The van der Waals surface area contributed by atoms with Crippen molar-refractivity contribution in [1.29, 1.82) is 0 Å². The van der Waals surface area contributed by atoms with E-state index in [1.165, 1.54) is 12.1 Å². The number of non-ortho nitro benzene ring substituents is 1. The van der Waals surface area contributed by atoms with Crippen LogP contribution >= 0.6 is 0 Å². The van der Waals surface area contributed by atoms with E-state index < -0.39 is 4.92 Å². The number of nitro benzene ring substituents is 1. The zero-order chi connectivity index (χ0) is 17.1. The van der Waals surface area contributed by atoms with Gasteiger partial charge in [0.2, 0.25) is 5.82 Å². The maximum absolute atomic E-state index is 10.8. The molecule has 0 aliphatic heterocycles. The third kappa shape index (κ3) is 2.89. The molecule has 24 heavy (non-hydrogen) atoms. The number of nitrogens with zero attached hydrogens (tertiary/aromatic N) is 4. The highest BCUT2D eigenvalue weighted by Crippen LogP contribution is 2.19. The monoisotopic (exact) mass is 325 g/mol. The fraction of sp³-hybridized carbons (Fsp3) is 0.176. The van der Waals surface area contributed by atoms with Crippen LogP contribution in [0.15, 0.2) is 54.6 Å². The number of nitro groups is 1. The summed E-state index contributed by atoms with van der Waals surface area (Å²) in [6, 6.07) is 15.9. The Balaban J connectivity index is 2.10. The normalized spacial score (nSPS) is 10.8. The van der Waals surface area contributed by atoms with Crippen molar-refractivity contribution >= 4 is 5.69 Å². The second kappa shape index (κ2) is 6.59. The smallest absolute Gasteiger partial charge is 0.309 e. The lowest BCUT2D eigenvalue weighted by Gasteiger charge is -2.00. The quantitative estimate of drug-likeness (QED) is 0.442. The van der Waals surface area contributed by atoms with Crippen molar-refractivity contribution in [2.45, 2.75) is 13.5 Å². The molecular formula is C17H17N4O3+. The van der Waals surface area contributed by atoms with E-state index in [0.29, 0.717) is 6.54 Å². The summed E-state index contributed by atoms with van der Waals surface area (Å²) in [4.78, 5) is 10.4. The summed E-state index contributed by atoms with van der Waals surface area (Å²) >= 11 is 0. The van der Waals surface area contributed by atoms with Crippen LogP contribution in [0.1, 0.15) is 5.82 Å². The standard InChI is InChI=1S/C17H17N4O3/c1-13-19(11-12-22)17(14-5-3-2-4-6-14)18-20(13)15-7-9-16(10-8-15)21(23)24/h2-10,22H,11-12H2,1H3/q+1. The Labute approximate surface area is 138 Å². The van der Waals surface area contributed by atoms with Crippen LogP contribution < -0.4 is 4.57 Å². The summed E-state index contributed by atoms with van der Waals surface area (Å²) in [7, 11) is 0. The Kier molecular flexibility index (Phi) is 4.35. The molecule has 0 bridgehead atoms. The molecule has 1 aromatic heterocycles. The van der Waals surface area contributed by atoms with Crippen LogP contribution in [0.4, 0.5) is 5.69 Å². The van der Waals surface area contributed by atoms with Crippen LogP contribution in [-0.2, 0) is 6.54 Å². The zero-order valence-corrected chi connectivity index (χ0v) is 13.2. The molecule has 0 unspecified atom stereocenters. The second-order valence-corrected chi connectivity index (χ2v) is 5.30. The van der Waals surface area contributed by atoms with E-state index in [1.54, 1.807) is 16.8 Å². The lowest BCUT2D eigenvalue weighted by molar-refractivity contribution is -0.694. The minimum atomic E-state index is -0.430. The van der Waals surface area contributed by atoms with Crippen molar-refractivity contribution in [2.75, 3.05) is 6.61 Å². The van der Waals surface area contributed by atoms with Crippen LogP contribution in [0.3, 0.4) is 0 Å². The lowest BCUT2D eigenvalue weighted by Crippen LogP contribution is -2.39. The van der Waals surface area contributed by atoms with Crippen molar-refractivity contribution in [3.05, 3.63) is 70.5 Å². The van der Waals surface area contributed by atoms with E-state index in [4.69, 9.17) is 0 Å². The third-order valence-corrected chi connectivity index (χ3v) is 3.81. The molecule has 3 rings (SSSR count). The SMILES string of the molecule is Cc1n(-c2ccc([N+](=O)[O-])cc2)nc(-c2ccccc2)[n+]1CCO. The Hall–Kier alpha value is -3.06. The van der Waals surface area contributed by atoms with Crippen LogP contribution in [0.5, 0.6) is 0 Å². The Morgan fingerprint density at radius 2 is 1.83 bits per heavy atom. The van der Waals surface area contributed by atoms with Gasteiger partial charge in [-0.05, 0) is 24.3 Å². The first-order valence-electron chi connectivity index (χ1n) is 7.52. The molecule has 7 heteroatoms. The Morgan fingerprint density at radius 1 is 1.17 bits per heavy atom. The fourth-order valence-electron chi connectivity index (χ4n) is 2.62. The summed E-state index contributed by atoms with van der Waals surface area (Å²) in [6.45, 7) is 2.32. The van der Waals surface area contributed by atoms with Gasteiger partial charge in [0, 0.05) is 19.1 Å². The maximum atomic E-state index is 10.8. The Morgan fingerprint density at radius 3 is 2.42 bits per heavy atom. The molecule has 0 aliphatic rings. The van der Waals surface area contributed by atoms with Crippen molar-refractivity contribution in [3.63, 3.8) is 0 Å².